The number of aromatic nitrogens is 3. The van der Waals surface area contributed by atoms with Crippen LogP contribution in [-0.4, -0.2) is 40.4 Å². The van der Waals surface area contributed by atoms with Gasteiger partial charge in [-0.05, 0) is 44.2 Å². The van der Waals surface area contributed by atoms with Crippen LogP contribution in [0.5, 0.6) is 0 Å². The van der Waals surface area contributed by atoms with Gasteiger partial charge in [-0.3, -0.25) is 4.99 Å². The van der Waals surface area contributed by atoms with Gasteiger partial charge in [-0.2, -0.15) is 5.10 Å². The van der Waals surface area contributed by atoms with Gasteiger partial charge in [-0.1, -0.05) is 0 Å². The number of nitrogens with one attached hydrogen (secondary N) is 2. The second-order valence-electron chi connectivity index (χ2n) is 6.28. The number of nitrogens with zero attached hydrogens (tertiary/aromatic N) is 4. The van der Waals surface area contributed by atoms with E-state index in [2.05, 4.69) is 32.6 Å². The quantitative estimate of drug-likeness (QED) is 0.450. The van der Waals surface area contributed by atoms with E-state index in [1.807, 2.05) is 25.4 Å². The van der Waals surface area contributed by atoms with Gasteiger partial charge in [0.25, 0.3) is 0 Å². The Morgan fingerprint density at radius 1 is 1.18 bits per heavy atom. The van der Waals surface area contributed by atoms with Gasteiger partial charge in [0.1, 0.15) is 5.82 Å². The van der Waals surface area contributed by atoms with Crippen LogP contribution in [0.25, 0.3) is 5.69 Å². The summed E-state index contributed by atoms with van der Waals surface area (Å²) in [5, 5.41) is 12.3. The van der Waals surface area contributed by atoms with Crippen molar-refractivity contribution in [1.82, 2.24) is 25.4 Å². The van der Waals surface area contributed by atoms with Crippen LogP contribution in [0, 0.1) is 12.7 Å². The molecule has 0 aliphatic carbocycles. The predicted octanol–water partition coefficient (Wildman–Crippen LogP) is 3.12. The molecule has 0 fully saturated rings. The van der Waals surface area contributed by atoms with E-state index in [9.17, 15) is 4.39 Å². The van der Waals surface area contributed by atoms with Crippen molar-refractivity contribution in [3.05, 3.63) is 64.1 Å². The molecule has 0 bridgehead atoms. The first kappa shape index (κ1) is 20.0. The first-order chi connectivity index (χ1) is 13.6. The first-order valence-electron chi connectivity index (χ1n) is 9.38. The number of benzene rings is 1. The fraction of sp³-hybridized carbons (Fsp3) is 0.350. The summed E-state index contributed by atoms with van der Waals surface area (Å²) in [4.78, 5) is 10.2. The van der Waals surface area contributed by atoms with Crippen molar-refractivity contribution in [2.75, 3.05) is 19.6 Å². The zero-order valence-electron chi connectivity index (χ0n) is 16.2. The molecule has 0 atom stereocenters. The van der Waals surface area contributed by atoms with Crippen LogP contribution in [-0.2, 0) is 12.8 Å². The van der Waals surface area contributed by atoms with Gasteiger partial charge in [-0.15, -0.1) is 11.3 Å². The third-order valence-corrected chi connectivity index (χ3v) is 4.99. The minimum absolute atomic E-state index is 0.249. The van der Waals surface area contributed by atoms with Crippen LogP contribution in [0.3, 0.4) is 0 Å². The maximum atomic E-state index is 13.0. The molecule has 8 heteroatoms. The lowest BCUT2D eigenvalue weighted by molar-refractivity contribution is 0.627. The highest BCUT2D eigenvalue weighted by molar-refractivity contribution is 7.11. The summed E-state index contributed by atoms with van der Waals surface area (Å²) in [5.74, 6) is 0.550. The van der Waals surface area contributed by atoms with Crippen molar-refractivity contribution in [1.29, 1.82) is 0 Å². The molecule has 0 amide bonds. The van der Waals surface area contributed by atoms with Crippen molar-refractivity contribution < 1.29 is 4.39 Å². The largest absolute Gasteiger partial charge is 0.357 e. The Kier molecular flexibility index (Phi) is 7.13. The van der Waals surface area contributed by atoms with Crippen LogP contribution in [0.2, 0.25) is 0 Å². The topological polar surface area (TPSA) is 67.1 Å². The molecular weight excluding hydrogens is 375 g/mol. The average molecular weight is 401 g/mol. The monoisotopic (exact) mass is 400 g/mol. The Labute approximate surface area is 168 Å². The van der Waals surface area contributed by atoms with Gasteiger partial charge in [-0.25, -0.2) is 14.1 Å². The molecule has 3 rings (SSSR count). The van der Waals surface area contributed by atoms with E-state index in [1.165, 1.54) is 17.0 Å². The van der Waals surface area contributed by atoms with E-state index >= 15 is 0 Å². The Hall–Kier alpha value is -2.74. The Morgan fingerprint density at radius 3 is 2.71 bits per heavy atom. The molecular formula is C20H25FN6S. The molecule has 148 valence electrons. The molecule has 28 heavy (non-hydrogen) atoms. The molecule has 0 unspecified atom stereocenters. The number of aryl methyl sites for hydroxylation is 1. The summed E-state index contributed by atoms with van der Waals surface area (Å²) in [6, 6.07) is 8.27. The van der Waals surface area contributed by atoms with Crippen LogP contribution < -0.4 is 10.6 Å². The van der Waals surface area contributed by atoms with E-state index in [-0.39, 0.29) is 5.82 Å². The van der Waals surface area contributed by atoms with Crippen molar-refractivity contribution >= 4 is 17.3 Å². The third-order valence-electron chi connectivity index (χ3n) is 4.02. The molecule has 0 aliphatic rings. The number of thiazole rings is 1. The van der Waals surface area contributed by atoms with E-state index in [4.69, 9.17) is 0 Å². The minimum Gasteiger partial charge on any atom is -0.357 e. The van der Waals surface area contributed by atoms with E-state index in [1.54, 1.807) is 28.2 Å². The molecule has 1 aromatic carbocycles. The molecule has 0 saturated heterocycles. The van der Waals surface area contributed by atoms with E-state index in [0.29, 0.717) is 6.54 Å². The van der Waals surface area contributed by atoms with Gasteiger partial charge in [0.05, 0.1) is 16.4 Å². The van der Waals surface area contributed by atoms with Gasteiger partial charge in [0, 0.05) is 49.7 Å². The second-order valence-corrected chi connectivity index (χ2v) is 7.60. The molecule has 3 aromatic rings. The Morgan fingerprint density at radius 2 is 2.00 bits per heavy atom. The fourth-order valence-corrected chi connectivity index (χ4v) is 3.44. The number of hydrogen-bond acceptors (Lipinski definition) is 4. The fourth-order valence-electron chi connectivity index (χ4n) is 2.66. The molecule has 0 saturated carbocycles. The standard InChI is InChI=1S/C20H25FN6S/c1-3-22-20(24-12-9-19-25-14-15(2)28-19)23-11-8-17-10-13-27(26-17)18-6-4-16(21)5-7-18/h4-7,10,13-14H,3,8-9,11-12H2,1-2H3,(H2,22,23,24). The van der Waals surface area contributed by atoms with Crippen LogP contribution in [0.1, 0.15) is 22.5 Å². The smallest absolute Gasteiger partial charge is 0.191 e. The van der Waals surface area contributed by atoms with Crippen LogP contribution in [0.4, 0.5) is 4.39 Å². The highest BCUT2D eigenvalue weighted by Crippen LogP contribution is 2.11. The maximum Gasteiger partial charge on any atom is 0.191 e. The van der Waals surface area contributed by atoms with Crippen molar-refractivity contribution in [2.24, 2.45) is 4.99 Å². The Bertz CT molecular complexity index is 900. The highest BCUT2D eigenvalue weighted by atomic mass is 32.1. The third kappa shape index (κ3) is 5.88. The summed E-state index contributed by atoms with van der Waals surface area (Å²) in [6.07, 6.45) is 5.40. The summed E-state index contributed by atoms with van der Waals surface area (Å²) in [7, 11) is 0. The molecule has 0 spiro atoms. The SMILES string of the molecule is CCNC(=NCCc1ncc(C)s1)NCCc1ccn(-c2ccc(F)cc2)n1. The molecule has 2 aromatic heterocycles. The maximum absolute atomic E-state index is 13.0. The van der Waals surface area contributed by atoms with Gasteiger partial charge in [0.2, 0.25) is 0 Å². The lowest BCUT2D eigenvalue weighted by atomic mass is 10.3. The minimum atomic E-state index is -0.249. The molecule has 0 radical (unpaired) electrons. The molecule has 2 N–H and O–H groups in total. The van der Waals surface area contributed by atoms with Crippen molar-refractivity contribution in [2.45, 2.75) is 26.7 Å². The second kappa shape index (κ2) is 9.98. The summed E-state index contributed by atoms with van der Waals surface area (Å²) in [5.41, 5.74) is 1.80. The lowest BCUT2D eigenvalue weighted by Gasteiger charge is -2.10. The van der Waals surface area contributed by atoms with Crippen LogP contribution in [0.15, 0.2) is 47.7 Å². The summed E-state index contributed by atoms with van der Waals surface area (Å²) >= 11 is 1.72. The van der Waals surface area contributed by atoms with Crippen molar-refractivity contribution in [3.63, 3.8) is 0 Å². The lowest BCUT2D eigenvalue weighted by Crippen LogP contribution is -2.38. The Balaban J connectivity index is 1.48. The van der Waals surface area contributed by atoms with Crippen LogP contribution >= 0.6 is 11.3 Å². The molecule has 2 heterocycles. The van der Waals surface area contributed by atoms with Gasteiger partial charge < -0.3 is 10.6 Å². The number of guanidine groups is 1. The van der Waals surface area contributed by atoms with E-state index < -0.39 is 0 Å². The van der Waals surface area contributed by atoms with Gasteiger partial charge in [0.15, 0.2) is 5.96 Å². The number of halogens is 1. The van der Waals surface area contributed by atoms with Gasteiger partial charge >= 0.3 is 0 Å². The molecule has 0 aliphatic heterocycles. The number of aliphatic imine (C=N–C) groups is 1. The first-order valence-corrected chi connectivity index (χ1v) is 10.2. The number of rotatable bonds is 8. The zero-order chi connectivity index (χ0) is 19.8. The predicted molar refractivity (Wildman–Crippen MR) is 112 cm³/mol. The zero-order valence-corrected chi connectivity index (χ0v) is 17.0. The summed E-state index contributed by atoms with van der Waals surface area (Å²) < 4.78 is 14.8. The average Bonchev–Trinajstić information content (AvgIpc) is 3.31. The summed E-state index contributed by atoms with van der Waals surface area (Å²) in [6.45, 7) is 6.34. The van der Waals surface area contributed by atoms with Crippen molar-refractivity contribution in [3.8, 4) is 5.69 Å². The molecule has 6 nitrogen and oxygen atoms in total. The normalized spacial score (nSPS) is 11.6. The van der Waals surface area contributed by atoms with E-state index in [0.717, 1.165) is 48.3 Å². The number of hydrogen-bond donors (Lipinski definition) is 2. The highest BCUT2D eigenvalue weighted by Gasteiger charge is 2.04.